The predicted molar refractivity (Wildman–Crippen MR) is 105 cm³/mol. The maximum Gasteiger partial charge on any atom is 0.255 e. The summed E-state index contributed by atoms with van der Waals surface area (Å²) in [6.07, 6.45) is 3.94. The highest BCUT2D eigenvalue weighted by molar-refractivity contribution is 6.04. The minimum atomic E-state index is -0.0627. The number of aromatic nitrogens is 1. The lowest BCUT2D eigenvalue weighted by Gasteiger charge is -2.12. The molecule has 1 unspecified atom stereocenters. The van der Waals surface area contributed by atoms with Crippen molar-refractivity contribution in [2.75, 3.05) is 5.32 Å². The maximum absolute atomic E-state index is 12.5. The molecule has 0 saturated carbocycles. The van der Waals surface area contributed by atoms with Crippen LogP contribution in [0.4, 0.5) is 5.69 Å². The van der Waals surface area contributed by atoms with Gasteiger partial charge in [0.05, 0.1) is 0 Å². The van der Waals surface area contributed by atoms with Crippen molar-refractivity contribution in [2.45, 2.75) is 32.6 Å². The minimum Gasteiger partial charge on any atom is -0.322 e. The molecule has 0 fully saturated rings. The molecule has 3 aromatic rings. The molecule has 3 nitrogen and oxygen atoms in total. The lowest BCUT2D eigenvalue weighted by molar-refractivity contribution is 0.102. The summed E-state index contributed by atoms with van der Waals surface area (Å²) in [6.45, 7) is 4.08. The third-order valence-corrected chi connectivity index (χ3v) is 5.29. The quantitative estimate of drug-likeness (QED) is 0.725. The summed E-state index contributed by atoms with van der Waals surface area (Å²) in [7, 11) is 0. The molecule has 130 valence electrons. The lowest BCUT2D eigenvalue weighted by atomic mass is 9.97. The number of aryl methyl sites for hydroxylation is 3. The summed E-state index contributed by atoms with van der Waals surface area (Å²) in [5.74, 6) is 0.294. The smallest absolute Gasteiger partial charge is 0.255 e. The van der Waals surface area contributed by atoms with Crippen molar-refractivity contribution in [3.8, 4) is 0 Å². The molecule has 1 aromatic heterocycles. The number of carbonyl (C=O) groups excluding carboxylic acids is 1. The van der Waals surface area contributed by atoms with Gasteiger partial charge in [-0.2, -0.15) is 0 Å². The average Bonchev–Trinajstić information content (AvgIpc) is 3.08. The number of amides is 1. The summed E-state index contributed by atoms with van der Waals surface area (Å²) < 4.78 is 0. The van der Waals surface area contributed by atoms with E-state index in [2.05, 4.69) is 35.4 Å². The summed E-state index contributed by atoms with van der Waals surface area (Å²) >= 11 is 0. The Balaban J connectivity index is 1.55. The van der Waals surface area contributed by atoms with Crippen LogP contribution in [0.2, 0.25) is 0 Å². The summed E-state index contributed by atoms with van der Waals surface area (Å²) in [5, 5.41) is 3.03. The van der Waals surface area contributed by atoms with Gasteiger partial charge in [0.2, 0.25) is 0 Å². The Bertz CT molecular complexity index is 963. The molecule has 3 heteroatoms. The number of nitrogens with zero attached hydrogens (tertiary/aromatic N) is 1. The zero-order chi connectivity index (χ0) is 18.1. The van der Waals surface area contributed by atoms with Gasteiger partial charge in [-0.3, -0.25) is 9.78 Å². The molecule has 1 aliphatic carbocycles. The number of carbonyl (C=O) groups is 1. The van der Waals surface area contributed by atoms with Gasteiger partial charge in [-0.1, -0.05) is 18.2 Å². The van der Waals surface area contributed by atoms with Gasteiger partial charge in [-0.15, -0.1) is 0 Å². The van der Waals surface area contributed by atoms with Crippen LogP contribution in [0.5, 0.6) is 0 Å². The van der Waals surface area contributed by atoms with Crippen LogP contribution < -0.4 is 5.32 Å². The SMILES string of the molecule is Cc1ccc(C(=O)Nc2ccc3c(c2)CCC3c2ccccn2)cc1C. The standard InChI is InChI=1S/C23H22N2O/c1-15-6-7-18(13-16(15)2)23(26)25-19-9-11-20-17(14-19)8-10-21(20)22-5-3-4-12-24-22/h3-7,9,11-14,21H,8,10H2,1-2H3,(H,25,26). The summed E-state index contributed by atoms with van der Waals surface area (Å²) in [4.78, 5) is 17.1. The normalized spacial score (nSPS) is 15.5. The van der Waals surface area contributed by atoms with E-state index in [0.29, 0.717) is 11.5 Å². The van der Waals surface area contributed by atoms with Gasteiger partial charge in [-0.05, 0) is 85.3 Å². The second-order valence-corrected chi connectivity index (χ2v) is 7.01. The number of nitrogens with one attached hydrogen (secondary N) is 1. The molecule has 1 aliphatic rings. The Hall–Kier alpha value is -2.94. The first-order chi connectivity index (χ1) is 12.6. The van der Waals surface area contributed by atoms with E-state index >= 15 is 0 Å². The molecule has 4 rings (SSSR count). The van der Waals surface area contributed by atoms with Crippen molar-refractivity contribution in [3.05, 3.63) is 94.3 Å². The van der Waals surface area contributed by atoms with Crippen molar-refractivity contribution in [1.29, 1.82) is 0 Å². The van der Waals surface area contributed by atoms with E-state index in [-0.39, 0.29) is 5.91 Å². The molecule has 26 heavy (non-hydrogen) atoms. The highest BCUT2D eigenvalue weighted by Gasteiger charge is 2.25. The van der Waals surface area contributed by atoms with E-state index in [1.807, 2.05) is 49.5 Å². The molecular weight excluding hydrogens is 320 g/mol. The lowest BCUT2D eigenvalue weighted by Crippen LogP contribution is -2.12. The number of benzene rings is 2. The van der Waals surface area contributed by atoms with Crippen LogP contribution in [-0.4, -0.2) is 10.9 Å². The van der Waals surface area contributed by atoms with Gasteiger partial charge in [0.1, 0.15) is 0 Å². The molecule has 1 atom stereocenters. The van der Waals surface area contributed by atoms with Crippen LogP contribution in [0, 0.1) is 13.8 Å². The number of hydrogen-bond donors (Lipinski definition) is 1. The first kappa shape index (κ1) is 16.5. The largest absolute Gasteiger partial charge is 0.322 e. The van der Waals surface area contributed by atoms with Gasteiger partial charge in [-0.25, -0.2) is 0 Å². The summed E-state index contributed by atoms with van der Waals surface area (Å²) in [6, 6.07) is 18.1. The van der Waals surface area contributed by atoms with Crippen LogP contribution in [0.15, 0.2) is 60.8 Å². The van der Waals surface area contributed by atoms with E-state index in [9.17, 15) is 4.79 Å². The molecule has 1 amide bonds. The maximum atomic E-state index is 12.5. The van der Waals surface area contributed by atoms with Crippen LogP contribution >= 0.6 is 0 Å². The molecule has 2 aromatic carbocycles. The van der Waals surface area contributed by atoms with Gasteiger partial charge >= 0.3 is 0 Å². The zero-order valence-electron chi connectivity index (χ0n) is 15.1. The second kappa shape index (κ2) is 6.75. The van der Waals surface area contributed by atoms with E-state index in [4.69, 9.17) is 0 Å². The topological polar surface area (TPSA) is 42.0 Å². The van der Waals surface area contributed by atoms with Crippen molar-refractivity contribution in [3.63, 3.8) is 0 Å². The fourth-order valence-corrected chi connectivity index (χ4v) is 3.67. The molecule has 1 heterocycles. The molecule has 0 aliphatic heterocycles. The Labute approximate surface area is 154 Å². The molecular formula is C23H22N2O. The van der Waals surface area contributed by atoms with Gasteiger partial charge in [0.15, 0.2) is 0 Å². The number of fused-ring (bicyclic) bond motifs is 1. The number of anilines is 1. The Morgan fingerprint density at radius 1 is 1.04 bits per heavy atom. The van der Waals surface area contributed by atoms with Crippen LogP contribution in [0.25, 0.3) is 0 Å². The highest BCUT2D eigenvalue weighted by Crippen LogP contribution is 2.38. The zero-order valence-corrected chi connectivity index (χ0v) is 15.1. The van der Waals surface area contributed by atoms with E-state index in [1.54, 1.807) is 0 Å². The van der Waals surface area contributed by atoms with Crippen LogP contribution in [0.3, 0.4) is 0 Å². The minimum absolute atomic E-state index is 0.0627. The highest BCUT2D eigenvalue weighted by atomic mass is 16.1. The molecule has 0 radical (unpaired) electrons. The number of hydrogen-bond acceptors (Lipinski definition) is 2. The Kier molecular flexibility index (Phi) is 4.29. The average molecular weight is 342 g/mol. The van der Waals surface area contributed by atoms with Crippen molar-refractivity contribution < 1.29 is 4.79 Å². The number of rotatable bonds is 3. The Morgan fingerprint density at radius 2 is 1.92 bits per heavy atom. The molecule has 0 saturated heterocycles. The van der Waals surface area contributed by atoms with E-state index in [1.165, 1.54) is 16.7 Å². The first-order valence-corrected chi connectivity index (χ1v) is 9.04. The molecule has 1 N–H and O–H groups in total. The van der Waals surface area contributed by atoms with E-state index < -0.39 is 0 Å². The second-order valence-electron chi connectivity index (χ2n) is 7.01. The van der Waals surface area contributed by atoms with Crippen LogP contribution in [0.1, 0.15) is 50.6 Å². The fourth-order valence-electron chi connectivity index (χ4n) is 3.67. The predicted octanol–water partition coefficient (Wildman–Crippen LogP) is 5.03. The van der Waals surface area contributed by atoms with Crippen molar-refractivity contribution in [2.24, 2.45) is 0 Å². The molecule has 0 bridgehead atoms. The van der Waals surface area contributed by atoms with Crippen molar-refractivity contribution in [1.82, 2.24) is 4.98 Å². The van der Waals surface area contributed by atoms with Crippen LogP contribution in [-0.2, 0) is 6.42 Å². The first-order valence-electron chi connectivity index (χ1n) is 9.04. The fraction of sp³-hybridized carbons (Fsp3) is 0.217. The number of pyridine rings is 1. The van der Waals surface area contributed by atoms with Gasteiger partial charge in [0.25, 0.3) is 5.91 Å². The Morgan fingerprint density at radius 3 is 2.69 bits per heavy atom. The monoisotopic (exact) mass is 342 g/mol. The van der Waals surface area contributed by atoms with Gasteiger partial charge < -0.3 is 5.32 Å². The van der Waals surface area contributed by atoms with E-state index in [0.717, 1.165) is 29.8 Å². The third-order valence-electron chi connectivity index (χ3n) is 5.29. The summed E-state index contributed by atoms with van der Waals surface area (Å²) in [5.41, 5.74) is 7.63. The third kappa shape index (κ3) is 3.13. The van der Waals surface area contributed by atoms with Gasteiger partial charge in [0, 0.05) is 29.1 Å². The van der Waals surface area contributed by atoms with Crippen molar-refractivity contribution >= 4 is 11.6 Å². The molecule has 0 spiro atoms.